The van der Waals surface area contributed by atoms with E-state index in [4.69, 9.17) is 14.5 Å². The number of carbonyl (C=O) groups excluding carboxylic acids is 3. The summed E-state index contributed by atoms with van der Waals surface area (Å²) in [7, 11) is 3.21. The Kier molecular flexibility index (Phi) is 18.4. The summed E-state index contributed by atoms with van der Waals surface area (Å²) in [5.41, 5.74) is 6.64. The number of alkyl halides is 6. The SMILES string of the molecule is C=C1N=CC[C@H](N[C](=[Os])[C@H](C(C)C)N(C)C(=O)C2CC(C#CC(F)(F)F)C2)C(=O)N2CCC[C@H](N2)C(=O)OCC(C)(C)Cc2c(-c3cc(N4CCN(CC(F)(F)F)CC4)cnc3[C@H](C)OC)n(CC)c3cc(F)c1cc23. The molecule has 0 unspecified atom stereocenters. The molecule has 1 aliphatic carbocycles. The molecule has 14 nitrogen and oxygen atoms in total. The van der Waals surface area contributed by atoms with Crippen molar-refractivity contribution in [2.75, 3.05) is 64.9 Å². The van der Waals surface area contributed by atoms with E-state index in [0.717, 1.165) is 11.3 Å². The Balaban J connectivity index is 1.26. The molecule has 416 valence electrons. The monoisotopic (exact) mass is 1250 g/mol. The number of aromatic nitrogens is 2. The number of hydrazine groups is 1. The molecular formula is C54H68F7N9O5Os. The number of halogens is 7. The average Bonchev–Trinajstić information content (AvgIpc) is 3.63. The van der Waals surface area contributed by atoms with E-state index in [1.54, 1.807) is 31.3 Å². The predicted octanol–water partition coefficient (Wildman–Crippen LogP) is 8.02. The Hall–Kier alpha value is -5.05. The van der Waals surface area contributed by atoms with Crippen LogP contribution in [0.4, 0.5) is 36.4 Å². The standard InChI is InChI=1S/C54H68F7N9O5.Os/c1-10-69-45-26-42(55)38-25-39(45)41(48(69)40-24-37(28-64-47(40)34(5)74-9)68-20-18-67(19-21-68)30-54(59,60)61)27-52(6,7)31-75-51(73)44-12-11-17-70(65-44)50(72)43(14-16-62-33(38)4)63-29-46(32(2)3)66(8)49(71)36-22-35(23-36)13-15-53(56,57)58;/h16,24-26,28,32,34-36,43-44,46,63,65H,4,10-12,14,17-23,27,30-31H2,1-3,5-9H3;/t34-,35?,36?,43-,44-,46+;/m0./s1. The predicted molar refractivity (Wildman–Crippen MR) is 273 cm³/mol. The van der Waals surface area contributed by atoms with Gasteiger partial charge < -0.3 is 9.64 Å². The Morgan fingerprint density at radius 3 is 2.39 bits per heavy atom. The molecule has 3 fully saturated rings. The molecule has 3 aromatic rings. The number of piperazine rings is 1. The molecule has 2 N–H and O–H groups in total. The number of ether oxygens (including phenoxy) is 2. The molecule has 1 aromatic carbocycles. The Morgan fingerprint density at radius 1 is 1.07 bits per heavy atom. The van der Waals surface area contributed by atoms with E-state index >= 15 is 4.39 Å². The second kappa shape index (κ2) is 23.9. The normalized spacial score (nSPS) is 22.9. The van der Waals surface area contributed by atoms with E-state index in [-0.39, 0.29) is 68.6 Å². The van der Waals surface area contributed by atoms with Crippen LogP contribution in [0.3, 0.4) is 0 Å². The summed E-state index contributed by atoms with van der Waals surface area (Å²) in [5, 5.41) is 5.43. The van der Waals surface area contributed by atoms with Crippen LogP contribution in [-0.2, 0) is 55.0 Å². The van der Waals surface area contributed by atoms with E-state index in [0.29, 0.717) is 70.9 Å². The van der Waals surface area contributed by atoms with Crippen molar-refractivity contribution < 1.29 is 72.7 Å². The fourth-order valence-electron chi connectivity index (χ4n) is 10.6. The number of aryl methyl sites for hydroxylation is 1. The first-order valence-corrected chi connectivity index (χ1v) is 27.0. The van der Waals surface area contributed by atoms with E-state index in [2.05, 4.69) is 28.2 Å². The first-order chi connectivity index (χ1) is 35.7. The van der Waals surface area contributed by atoms with Crippen molar-refractivity contribution >= 4 is 50.5 Å². The quantitative estimate of drug-likeness (QED) is 0.104. The number of hydrogen-bond donors (Lipinski definition) is 2. The van der Waals surface area contributed by atoms with Gasteiger partial charge in [-0.05, 0) is 19.9 Å². The number of cyclic esters (lactones) is 1. The van der Waals surface area contributed by atoms with E-state index in [1.165, 1.54) is 46.3 Å². The van der Waals surface area contributed by atoms with Crippen LogP contribution in [0.5, 0.6) is 0 Å². The van der Waals surface area contributed by atoms with Crippen molar-refractivity contribution in [2.45, 2.75) is 123 Å². The molecule has 4 aliphatic rings. The van der Waals surface area contributed by atoms with Crippen LogP contribution in [-0.4, -0.2) is 143 Å². The topological polar surface area (TPSA) is 137 Å². The number of carbonyl (C=O) groups is 3. The molecular weight excluding hydrogens is 1180 g/mol. The van der Waals surface area contributed by atoms with Crippen molar-refractivity contribution in [3.8, 4) is 23.1 Å². The Labute approximate surface area is 449 Å². The van der Waals surface area contributed by atoms with Gasteiger partial charge >= 0.3 is 323 Å². The van der Waals surface area contributed by atoms with Gasteiger partial charge in [0.2, 0.25) is 0 Å². The molecule has 2 aromatic heterocycles. The van der Waals surface area contributed by atoms with Crippen molar-refractivity contribution in [1.29, 1.82) is 0 Å². The van der Waals surface area contributed by atoms with Crippen LogP contribution in [0.1, 0.15) is 96.6 Å². The molecule has 76 heavy (non-hydrogen) atoms. The molecule has 7 rings (SSSR count). The van der Waals surface area contributed by atoms with Gasteiger partial charge in [-0.2, -0.15) is 13.2 Å². The molecule has 2 amide bonds. The summed E-state index contributed by atoms with van der Waals surface area (Å²) in [6, 6.07) is 2.73. The van der Waals surface area contributed by atoms with Crippen molar-refractivity contribution in [3.63, 3.8) is 0 Å². The molecule has 5 heterocycles. The summed E-state index contributed by atoms with van der Waals surface area (Å²) in [5.74, 6) is 0.508. The van der Waals surface area contributed by atoms with Crippen LogP contribution < -0.4 is 15.6 Å². The molecule has 4 atom stereocenters. The van der Waals surface area contributed by atoms with Crippen LogP contribution in [0.25, 0.3) is 27.9 Å². The number of nitrogens with zero attached hydrogens (tertiary/aromatic N) is 7. The zero-order valence-electron chi connectivity index (χ0n) is 44.2. The van der Waals surface area contributed by atoms with Gasteiger partial charge in [-0.3, -0.25) is 9.88 Å². The Bertz CT molecular complexity index is 2770. The van der Waals surface area contributed by atoms with Crippen LogP contribution in [0.2, 0.25) is 0 Å². The van der Waals surface area contributed by atoms with Gasteiger partial charge in [0.15, 0.2) is 0 Å². The van der Waals surface area contributed by atoms with Gasteiger partial charge in [0.1, 0.15) is 0 Å². The van der Waals surface area contributed by atoms with Gasteiger partial charge in [-0.1, -0.05) is 0 Å². The number of benzene rings is 1. The maximum atomic E-state index is 16.8. The van der Waals surface area contributed by atoms with Gasteiger partial charge in [-0.15, -0.1) is 0 Å². The zero-order valence-corrected chi connectivity index (χ0v) is 46.7. The first kappa shape index (κ1) is 58.6. The van der Waals surface area contributed by atoms with Crippen molar-refractivity contribution in [1.82, 2.24) is 35.1 Å². The molecule has 3 aliphatic heterocycles. The Morgan fingerprint density at radius 2 is 1.76 bits per heavy atom. The average molecular weight is 1250 g/mol. The summed E-state index contributed by atoms with van der Waals surface area (Å²) in [4.78, 5) is 56.9. The summed E-state index contributed by atoms with van der Waals surface area (Å²) in [6.45, 7) is 16.5. The molecule has 22 heteroatoms. The number of methoxy groups -OCH3 is 1. The zero-order chi connectivity index (χ0) is 55.6. The van der Waals surface area contributed by atoms with Crippen molar-refractivity contribution in [2.24, 2.45) is 28.2 Å². The fraction of sp³-hybridized carbons (Fsp3) is 0.593. The van der Waals surface area contributed by atoms with Crippen LogP contribution >= 0.6 is 0 Å². The number of esters is 1. The summed E-state index contributed by atoms with van der Waals surface area (Å²) < 4.78 is 110. The minimum atomic E-state index is -4.61. The van der Waals surface area contributed by atoms with Gasteiger partial charge in [0, 0.05) is 45.4 Å². The number of likely N-dealkylation sites (N-methyl/N-ethyl adjacent to an activating group) is 1. The molecule has 0 spiro atoms. The van der Waals surface area contributed by atoms with Crippen LogP contribution in [0, 0.1) is 40.8 Å². The number of pyridine rings is 1. The first-order valence-electron chi connectivity index (χ1n) is 25.7. The minimum absolute atomic E-state index is 0.0293. The summed E-state index contributed by atoms with van der Waals surface area (Å²) >= 11 is 1.49. The second-order valence-corrected chi connectivity index (χ2v) is 22.7. The van der Waals surface area contributed by atoms with Gasteiger partial charge in [0.25, 0.3) is 0 Å². The fourth-order valence-corrected chi connectivity index (χ4v) is 12.4. The third kappa shape index (κ3) is 13.8. The second-order valence-electron chi connectivity index (χ2n) is 21.4. The van der Waals surface area contributed by atoms with E-state index in [9.17, 15) is 40.7 Å². The van der Waals surface area contributed by atoms with Gasteiger partial charge in [0.05, 0.1) is 30.2 Å². The number of aliphatic imine (C=N–C) groups is 1. The molecule has 1 saturated carbocycles. The molecule has 0 radical (unpaired) electrons. The number of anilines is 1. The maximum absolute atomic E-state index is 16.8. The third-order valence-corrected chi connectivity index (χ3v) is 15.8. The number of hydrogen-bond acceptors (Lipinski definition) is 11. The summed E-state index contributed by atoms with van der Waals surface area (Å²) in [6.07, 6.45) is -4.68. The third-order valence-electron chi connectivity index (χ3n) is 14.7. The number of amides is 2. The number of fused-ring (bicyclic) bond motifs is 3. The molecule has 4 bridgehead atoms. The number of rotatable bonds is 12. The van der Waals surface area contributed by atoms with Gasteiger partial charge in [-0.25, -0.2) is 0 Å². The van der Waals surface area contributed by atoms with E-state index in [1.807, 2.05) is 57.1 Å². The molecule has 2 saturated heterocycles. The van der Waals surface area contributed by atoms with Crippen LogP contribution in [0.15, 0.2) is 36.0 Å². The van der Waals surface area contributed by atoms with Crippen molar-refractivity contribution in [3.05, 3.63) is 53.6 Å². The van der Waals surface area contributed by atoms with E-state index < -0.39 is 78.1 Å². The number of nitrogens with one attached hydrogen (secondary N) is 2.